The molecular formula is C17H15Br3N2O2. The first-order valence-corrected chi connectivity index (χ1v) is 9.82. The van der Waals surface area contributed by atoms with Crippen LogP contribution in [0.15, 0.2) is 31.6 Å². The summed E-state index contributed by atoms with van der Waals surface area (Å²) in [5, 5.41) is 0. The average molecular weight is 519 g/mol. The second kappa shape index (κ2) is 6.11. The zero-order valence-electron chi connectivity index (χ0n) is 13.2. The molecule has 24 heavy (non-hydrogen) atoms. The molecule has 2 heterocycles. The standard InChI is InChI=1S/C17H15Br3N2O2/c1-23-15-5-14-9(3-11(15)18)6-22-8-21(14)7-10-16(22)12(19)4-13(20)17(10)24-2/h3-5H,6-8H2,1-2H3. The zero-order valence-corrected chi connectivity index (χ0v) is 18.0. The Kier molecular flexibility index (Phi) is 4.21. The SMILES string of the molecule is COc1cc2c(cc1Br)CN1CN2Cc2c(OC)c(Br)cc(Br)c21. The van der Waals surface area contributed by atoms with E-state index < -0.39 is 0 Å². The van der Waals surface area contributed by atoms with Gasteiger partial charge in [-0.05, 0) is 65.5 Å². The van der Waals surface area contributed by atoms with Crippen molar-refractivity contribution in [1.29, 1.82) is 0 Å². The van der Waals surface area contributed by atoms with Crippen molar-refractivity contribution >= 4 is 59.2 Å². The predicted octanol–water partition coefficient (Wildman–Crippen LogP) is 5.29. The monoisotopic (exact) mass is 516 g/mol. The van der Waals surface area contributed by atoms with E-state index in [0.717, 1.165) is 44.7 Å². The van der Waals surface area contributed by atoms with E-state index in [1.807, 2.05) is 0 Å². The molecule has 0 atom stereocenters. The number of fused-ring (bicyclic) bond motifs is 6. The maximum Gasteiger partial charge on any atom is 0.140 e. The average Bonchev–Trinajstić information content (AvgIpc) is 2.54. The second-order valence-electron chi connectivity index (χ2n) is 5.85. The Bertz CT molecular complexity index is 841. The molecule has 2 aliphatic rings. The van der Waals surface area contributed by atoms with Crippen molar-refractivity contribution in [2.24, 2.45) is 0 Å². The summed E-state index contributed by atoms with van der Waals surface area (Å²) in [6.07, 6.45) is 0. The predicted molar refractivity (Wildman–Crippen MR) is 106 cm³/mol. The van der Waals surface area contributed by atoms with Crippen LogP contribution in [0.4, 0.5) is 11.4 Å². The quantitative estimate of drug-likeness (QED) is 0.539. The van der Waals surface area contributed by atoms with Gasteiger partial charge in [0.05, 0.1) is 42.1 Å². The molecule has 2 aliphatic heterocycles. The molecule has 2 aromatic carbocycles. The Labute approximate surface area is 166 Å². The van der Waals surface area contributed by atoms with Crippen LogP contribution in [0.5, 0.6) is 11.5 Å². The molecule has 2 bridgehead atoms. The fourth-order valence-corrected chi connectivity index (χ4v) is 5.73. The van der Waals surface area contributed by atoms with Gasteiger partial charge >= 0.3 is 0 Å². The van der Waals surface area contributed by atoms with Crippen LogP contribution in [-0.4, -0.2) is 20.9 Å². The van der Waals surface area contributed by atoms with Gasteiger partial charge in [-0.2, -0.15) is 0 Å². The number of hydrogen-bond acceptors (Lipinski definition) is 4. The Morgan fingerprint density at radius 3 is 2.38 bits per heavy atom. The minimum absolute atomic E-state index is 0.796. The number of methoxy groups -OCH3 is 2. The minimum atomic E-state index is 0.796. The van der Waals surface area contributed by atoms with Gasteiger partial charge in [0.15, 0.2) is 0 Å². The third kappa shape index (κ3) is 2.44. The molecule has 0 amide bonds. The Balaban J connectivity index is 1.87. The lowest BCUT2D eigenvalue weighted by atomic mass is 10.0. The lowest BCUT2D eigenvalue weighted by Gasteiger charge is -2.45. The summed E-state index contributed by atoms with van der Waals surface area (Å²) in [5.74, 6) is 1.76. The number of ether oxygens (including phenoxy) is 2. The van der Waals surface area contributed by atoms with Crippen LogP contribution < -0.4 is 19.3 Å². The summed E-state index contributed by atoms with van der Waals surface area (Å²) in [6.45, 7) is 2.50. The summed E-state index contributed by atoms with van der Waals surface area (Å²) < 4.78 is 14.2. The maximum absolute atomic E-state index is 5.66. The Hall–Kier alpha value is -0.920. The third-order valence-electron chi connectivity index (χ3n) is 4.52. The highest BCUT2D eigenvalue weighted by molar-refractivity contribution is 9.11. The second-order valence-corrected chi connectivity index (χ2v) is 8.42. The lowest BCUT2D eigenvalue weighted by molar-refractivity contribution is 0.404. The van der Waals surface area contributed by atoms with Gasteiger partial charge in [0.2, 0.25) is 0 Å². The van der Waals surface area contributed by atoms with E-state index in [1.165, 1.54) is 22.5 Å². The van der Waals surface area contributed by atoms with E-state index in [9.17, 15) is 0 Å². The van der Waals surface area contributed by atoms with E-state index in [1.54, 1.807) is 14.2 Å². The van der Waals surface area contributed by atoms with Crippen LogP contribution in [0.25, 0.3) is 0 Å². The minimum Gasteiger partial charge on any atom is -0.495 e. The van der Waals surface area contributed by atoms with Crippen molar-refractivity contribution in [2.45, 2.75) is 13.1 Å². The number of anilines is 2. The highest BCUT2D eigenvalue weighted by atomic mass is 79.9. The van der Waals surface area contributed by atoms with Crippen molar-refractivity contribution in [2.75, 3.05) is 30.7 Å². The van der Waals surface area contributed by atoms with Gasteiger partial charge in [-0.15, -0.1) is 0 Å². The summed E-state index contributed by atoms with van der Waals surface area (Å²) >= 11 is 10.9. The molecule has 0 N–H and O–H groups in total. The first-order valence-electron chi connectivity index (χ1n) is 7.44. The molecule has 0 spiro atoms. The number of rotatable bonds is 2. The smallest absolute Gasteiger partial charge is 0.140 e. The van der Waals surface area contributed by atoms with E-state index in [-0.39, 0.29) is 0 Å². The van der Waals surface area contributed by atoms with Gasteiger partial charge in [0.1, 0.15) is 11.5 Å². The summed E-state index contributed by atoms with van der Waals surface area (Å²) in [7, 11) is 3.42. The van der Waals surface area contributed by atoms with Crippen molar-refractivity contribution in [1.82, 2.24) is 0 Å². The molecule has 2 aromatic rings. The van der Waals surface area contributed by atoms with E-state index in [0.29, 0.717) is 0 Å². The molecular weight excluding hydrogens is 504 g/mol. The molecule has 126 valence electrons. The van der Waals surface area contributed by atoms with Crippen LogP contribution in [0.1, 0.15) is 11.1 Å². The Morgan fingerprint density at radius 2 is 1.67 bits per heavy atom. The fourth-order valence-electron chi connectivity index (χ4n) is 3.53. The normalized spacial score (nSPS) is 15.0. The molecule has 0 aromatic heterocycles. The molecule has 7 heteroatoms. The van der Waals surface area contributed by atoms with Crippen LogP contribution in [0.3, 0.4) is 0 Å². The van der Waals surface area contributed by atoms with Crippen LogP contribution in [0, 0.1) is 0 Å². The largest absolute Gasteiger partial charge is 0.495 e. The van der Waals surface area contributed by atoms with Crippen LogP contribution >= 0.6 is 47.8 Å². The van der Waals surface area contributed by atoms with Gasteiger partial charge in [0.25, 0.3) is 0 Å². The summed E-state index contributed by atoms with van der Waals surface area (Å²) in [6, 6.07) is 6.33. The molecule has 0 saturated carbocycles. The first-order chi connectivity index (χ1) is 11.5. The highest BCUT2D eigenvalue weighted by Gasteiger charge is 2.34. The number of halogens is 3. The fraction of sp³-hybridized carbons (Fsp3) is 0.294. The number of nitrogens with zero attached hydrogens (tertiary/aromatic N) is 2. The molecule has 4 rings (SSSR count). The van der Waals surface area contributed by atoms with E-state index in [4.69, 9.17) is 9.47 Å². The summed E-state index contributed by atoms with van der Waals surface area (Å²) in [4.78, 5) is 4.73. The third-order valence-corrected chi connectivity index (χ3v) is 6.34. The zero-order chi connectivity index (χ0) is 17.0. The van der Waals surface area contributed by atoms with Crippen molar-refractivity contribution in [3.63, 3.8) is 0 Å². The first kappa shape index (κ1) is 16.5. The number of benzene rings is 2. The highest BCUT2D eigenvalue weighted by Crippen LogP contribution is 2.48. The van der Waals surface area contributed by atoms with Gasteiger partial charge in [-0.1, -0.05) is 0 Å². The molecule has 0 radical (unpaired) electrons. The van der Waals surface area contributed by atoms with Gasteiger partial charge in [-0.25, -0.2) is 0 Å². The molecule has 0 unspecified atom stereocenters. The van der Waals surface area contributed by atoms with Crippen LogP contribution in [0.2, 0.25) is 0 Å². The number of hydrogen-bond donors (Lipinski definition) is 0. The van der Waals surface area contributed by atoms with E-state index in [2.05, 4.69) is 75.8 Å². The van der Waals surface area contributed by atoms with Crippen molar-refractivity contribution in [3.8, 4) is 11.5 Å². The molecule has 0 saturated heterocycles. The van der Waals surface area contributed by atoms with Gasteiger partial charge in [0, 0.05) is 28.3 Å². The summed E-state index contributed by atoms with van der Waals surface area (Å²) in [5.41, 5.74) is 4.91. The van der Waals surface area contributed by atoms with Crippen LogP contribution in [-0.2, 0) is 13.1 Å². The van der Waals surface area contributed by atoms with Crippen molar-refractivity contribution in [3.05, 3.63) is 42.7 Å². The Morgan fingerprint density at radius 1 is 0.875 bits per heavy atom. The van der Waals surface area contributed by atoms with Gasteiger partial charge < -0.3 is 19.3 Å². The molecule has 4 nitrogen and oxygen atoms in total. The lowest BCUT2D eigenvalue weighted by Crippen LogP contribution is -2.46. The van der Waals surface area contributed by atoms with Gasteiger partial charge in [-0.3, -0.25) is 0 Å². The molecule has 0 fully saturated rings. The topological polar surface area (TPSA) is 24.9 Å². The van der Waals surface area contributed by atoms with E-state index >= 15 is 0 Å². The maximum atomic E-state index is 5.66. The van der Waals surface area contributed by atoms with Crippen molar-refractivity contribution < 1.29 is 9.47 Å². The molecule has 0 aliphatic carbocycles.